The van der Waals surface area contributed by atoms with E-state index >= 15 is 0 Å². The van der Waals surface area contributed by atoms with Crippen LogP contribution in [0.15, 0.2) is 76.7 Å². The Hall–Kier alpha value is -4.67. The van der Waals surface area contributed by atoms with E-state index < -0.39 is 28.8 Å². The molecule has 0 aliphatic heterocycles. The number of carboxylic acids is 1. The molecule has 0 saturated carbocycles. The lowest BCUT2D eigenvalue weighted by atomic mass is 10.0. The van der Waals surface area contributed by atoms with Gasteiger partial charge in [0.2, 0.25) is 0 Å². The largest absolute Gasteiger partial charge is 0.480 e. The number of nitrogens with one attached hydrogen (secondary N) is 4. The molecule has 0 aliphatic carbocycles. The van der Waals surface area contributed by atoms with Gasteiger partial charge in [-0.1, -0.05) is 53.5 Å². The van der Waals surface area contributed by atoms with Crippen molar-refractivity contribution < 1.29 is 14.7 Å². The molecule has 1 atom stereocenters. The number of aromatic nitrogens is 2. The molecule has 41 heavy (non-hydrogen) atoms. The number of aliphatic carboxylic acids is 1. The molecule has 0 bridgehead atoms. The third-order valence-corrected chi connectivity index (χ3v) is 7.22. The summed E-state index contributed by atoms with van der Waals surface area (Å²) in [6.07, 6.45) is 5.18. The molecule has 5 aromatic rings. The number of H-pyrrole nitrogens is 1. The van der Waals surface area contributed by atoms with Crippen molar-refractivity contribution in [3.63, 3.8) is 0 Å². The van der Waals surface area contributed by atoms with Crippen molar-refractivity contribution in [1.29, 1.82) is 0 Å². The maximum Gasteiger partial charge on any atom is 0.326 e. The van der Waals surface area contributed by atoms with Crippen molar-refractivity contribution in [3.05, 3.63) is 114 Å². The number of amides is 1. The molecule has 0 radical (unpaired) electrons. The summed E-state index contributed by atoms with van der Waals surface area (Å²) in [4.78, 5) is 56.2. The number of anilines is 3. The number of hydrogen-bond donors (Lipinski definition) is 5. The van der Waals surface area contributed by atoms with Gasteiger partial charge in [-0.3, -0.25) is 19.4 Å². The summed E-state index contributed by atoms with van der Waals surface area (Å²) >= 11 is 12.1. The average Bonchev–Trinajstić information content (AvgIpc) is 3.38. The monoisotopic (exact) mass is 591 g/mol. The first-order valence-corrected chi connectivity index (χ1v) is 13.3. The fourth-order valence-corrected chi connectivity index (χ4v) is 4.94. The lowest BCUT2D eigenvalue weighted by Gasteiger charge is -2.20. The number of halogens is 2. The number of para-hydroxylation sites is 1. The van der Waals surface area contributed by atoms with E-state index in [0.29, 0.717) is 24.1 Å². The van der Waals surface area contributed by atoms with Crippen molar-refractivity contribution in [2.75, 3.05) is 22.5 Å². The van der Waals surface area contributed by atoms with Gasteiger partial charge in [-0.25, -0.2) is 4.79 Å². The highest BCUT2D eigenvalue weighted by Crippen LogP contribution is 2.29. The number of carboxylic acid groups (broad SMARTS) is 1. The molecule has 0 unspecified atom stereocenters. The van der Waals surface area contributed by atoms with Gasteiger partial charge in [0.15, 0.2) is 0 Å². The fourth-order valence-electron chi connectivity index (χ4n) is 4.48. The molecule has 1 amide bonds. The van der Waals surface area contributed by atoms with Crippen LogP contribution in [0.4, 0.5) is 17.1 Å². The first-order valence-electron chi connectivity index (χ1n) is 12.5. The van der Waals surface area contributed by atoms with E-state index in [-0.39, 0.29) is 33.5 Å². The highest BCUT2D eigenvalue weighted by Gasteiger charge is 2.27. The quantitative estimate of drug-likeness (QED) is 0.141. The van der Waals surface area contributed by atoms with Crippen molar-refractivity contribution >= 4 is 63.0 Å². The highest BCUT2D eigenvalue weighted by atomic mass is 35.5. The lowest BCUT2D eigenvalue weighted by Crippen LogP contribution is -2.42. The molecule has 5 N–H and O–H groups in total. The zero-order valence-corrected chi connectivity index (χ0v) is 22.8. The fraction of sp³-hybridized carbons (Fsp3) is 0.138. The zero-order chi connectivity index (χ0) is 29.1. The summed E-state index contributed by atoms with van der Waals surface area (Å²) < 4.78 is 0. The predicted molar refractivity (Wildman–Crippen MR) is 159 cm³/mol. The minimum absolute atomic E-state index is 0.00711. The Balaban J connectivity index is 1.22. The molecule has 0 spiro atoms. The minimum atomic E-state index is -1.20. The number of nitrogens with zero attached hydrogens (tertiary/aromatic N) is 1. The normalized spacial score (nSPS) is 11.9. The van der Waals surface area contributed by atoms with E-state index in [1.165, 1.54) is 24.5 Å². The van der Waals surface area contributed by atoms with E-state index in [1.807, 2.05) is 30.5 Å². The Labute approximate surface area is 243 Å². The standard InChI is InChI=1S/C29H23Cl2N5O5/c30-19-13-32-14-20(31)23(19)36-28(39)16-7-5-15(6-8-16)11-22(29(40)41)35-25-24(26(37)27(25)38)33-10-9-17-12-34-21-4-2-1-3-18(17)21/h1-8,12-14,22,33-35H,9-11H2,(H,40,41)(H,32,36,39)/t22-/m0/s1. The Morgan fingerprint density at radius 3 is 2.32 bits per heavy atom. The molecule has 2 aromatic heterocycles. The number of hydrogen-bond acceptors (Lipinski definition) is 7. The second kappa shape index (κ2) is 11.8. The maximum atomic E-state index is 12.6. The molecule has 12 heteroatoms. The Morgan fingerprint density at radius 1 is 0.927 bits per heavy atom. The second-order valence-electron chi connectivity index (χ2n) is 9.31. The molecule has 10 nitrogen and oxygen atoms in total. The number of aromatic amines is 1. The number of rotatable bonds is 11. The van der Waals surface area contributed by atoms with Gasteiger partial charge in [0, 0.05) is 48.0 Å². The van der Waals surface area contributed by atoms with Crippen LogP contribution in [0.3, 0.4) is 0 Å². The SMILES string of the molecule is O=C(Nc1c(Cl)cncc1Cl)c1ccc(C[C@H](Nc2c(NCCc3c[nH]c4ccccc34)c(=O)c2=O)C(=O)O)cc1. The topological polar surface area (TPSA) is 153 Å². The van der Waals surface area contributed by atoms with Crippen molar-refractivity contribution in [2.45, 2.75) is 18.9 Å². The van der Waals surface area contributed by atoms with Crippen LogP contribution in [-0.2, 0) is 17.6 Å². The summed E-state index contributed by atoms with van der Waals surface area (Å²) in [5, 5.41) is 19.6. The molecule has 5 rings (SSSR count). The minimum Gasteiger partial charge on any atom is -0.480 e. The molecule has 208 valence electrons. The van der Waals surface area contributed by atoms with Gasteiger partial charge >= 0.3 is 5.97 Å². The molecule has 3 aromatic carbocycles. The average molecular weight is 592 g/mol. The number of carbonyl (C=O) groups excluding carboxylic acids is 1. The second-order valence-corrected chi connectivity index (χ2v) is 10.1. The van der Waals surface area contributed by atoms with Crippen LogP contribution in [0.25, 0.3) is 10.9 Å². The zero-order valence-electron chi connectivity index (χ0n) is 21.3. The van der Waals surface area contributed by atoms with Crippen LogP contribution in [0, 0.1) is 0 Å². The molecule has 0 aliphatic rings. The van der Waals surface area contributed by atoms with Gasteiger partial charge in [0.1, 0.15) is 17.4 Å². The molecular weight excluding hydrogens is 569 g/mol. The molecule has 0 saturated heterocycles. The van der Waals surface area contributed by atoms with Crippen molar-refractivity contribution in [2.24, 2.45) is 0 Å². The van der Waals surface area contributed by atoms with Crippen LogP contribution in [0.1, 0.15) is 21.5 Å². The van der Waals surface area contributed by atoms with Gasteiger partial charge in [0.25, 0.3) is 16.8 Å². The van der Waals surface area contributed by atoms with Crippen LogP contribution >= 0.6 is 23.2 Å². The summed E-state index contributed by atoms with van der Waals surface area (Å²) in [5.74, 6) is -1.67. The maximum absolute atomic E-state index is 12.6. The van der Waals surface area contributed by atoms with Crippen LogP contribution in [0.5, 0.6) is 0 Å². The summed E-state index contributed by atoms with van der Waals surface area (Å²) in [6.45, 7) is 0.374. The van der Waals surface area contributed by atoms with E-state index in [4.69, 9.17) is 23.2 Å². The van der Waals surface area contributed by atoms with Crippen LogP contribution in [-0.4, -0.2) is 39.5 Å². The van der Waals surface area contributed by atoms with Crippen molar-refractivity contribution in [1.82, 2.24) is 9.97 Å². The number of benzene rings is 2. The Morgan fingerprint density at radius 2 is 1.61 bits per heavy atom. The summed E-state index contributed by atoms with van der Waals surface area (Å²) in [5.41, 5.74) is 1.71. The van der Waals surface area contributed by atoms with E-state index in [1.54, 1.807) is 12.1 Å². The molecular formula is C29H23Cl2N5O5. The van der Waals surface area contributed by atoms with Crippen LogP contribution in [0.2, 0.25) is 10.0 Å². The first kappa shape index (κ1) is 27.9. The molecule has 0 fully saturated rings. The van der Waals surface area contributed by atoms with Crippen LogP contribution < -0.4 is 26.8 Å². The van der Waals surface area contributed by atoms with Gasteiger partial charge in [-0.15, -0.1) is 0 Å². The number of fused-ring (bicyclic) bond motifs is 1. The third kappa shape index (κ3) is 5.93. The Kier molecular flexibility index (Phi) is 8.04. The first-order chi connectivity index (χ1) is 19.7. The predicted octanol–water partition coefficient (Wildman–Crippen LogP) is 4.48. The van der Waals surface area contributed by atoms with E-state index in [9.17, 15) is 24.3 Å². The summed E-state index contributed by atoms with van der Waals surface area (Å²) in [6, 6.07) is 12.9. The highest BCUT2D eigenvalue weighted by molar-refractivity contribution is 6.39. The number of carbonyl (C=O) groups is 2. The lowest BCUT2D eigenvalue weighted by molar-refractivity contribution is -0.137. The molecule has 2 heterocycles. The van der Waals surface area contributed by atoms with E-state index in [2.05, 4.69) is 25.9 Å². The van der Waals surface area contributed by atoms with Gasteiger partial charge in [-0.2, -0.15) is 0 Å². The van der Waals surface area contributed by atoms with Gasteiger partial charge < -0.3 is 26.0 Å². The smallest absolute Gasteiger partial charge is 0.326 e. The Bertz CT molecular complexity index is 1810. The summed E-state index contributed by atoms with van der Waals surface area (Å²) in [7, 11) is 0. The van der Waals surface area contributed by atoms with E-state index in [0.717, 1.165) is 16.5 Å². The van der Waals surface area contributed by atoms with Crippen molar-refractivity contribution in [3.8, 4) is 0 Å². The third-order valence-electron chi connectivity index (χ3n) is 6.65. The number of pyridine rings is 1. The van der Waals surface area contributed by atoms with Gasteiger partial charge in [0.05, 0.1) is 15.7 Å². The van der Waals surface area contributed by atoms with Gasteiger partial charge in [-0.05, 0) is 35.7 Å².